The van der Waals surface area contributed by atoms with Crippen molar-refractivity contribution in [3.8, 4) is 5.88 Å². The van der Waals surface area contributed by atoms with Gasteiger partial charge in [-0.05, 0) is 13.0 Å². The fourth-order valence-corrected chi connectivity index (χ4v) is 3.63. The minimum absolute atomic E-state index is 0.0284. The van der Waals surface area contributed by atoms with Crippen LogP contribution in [0.15, 0.2) is 24.5 Å². The van der Waals surface area contributed by atoms with Gasteiger partial charge in [0.1, 0.15) is 11.9 Å². The molecule has 1 fully saturated rings. The average molecular weight is 350 g/mol. The number of pyridine rings is 1. The van der Waals surface area contributed by atoms with E-state index in [0.29, 0.717) is 17.1 Å². The fourth-order valence-electron chi connectivity index (χ4n) is 2.74. The molecule has 8 heteroatoms. The highest BCUT2D eigenvalue weighted by Gasteiger charge is 2.31. The van der Waals surface area contributed by atoms with Gasteiger partial charge in [-0.1, -0.05) is 0 Å². The lowest BCUT2D eigenvalue weighted by atomic mass is 10.2. The zero-order chi connectivity index (χ0) is 17.1. The monoisotopic (exact) mass is 350 g/mol. The van der Waals surface area contributed by atoms with Gasteiger partial charge in [-0.2, -0.15) is 0 Å². The standard InChI is InChI=1S/C16H19FN4O2S/c1-10-5-13(23-15-4-3-12(17)6-18-15)8-21(10)9-14-7-19-16(24-14)20-11(2)22/h3-4,6-7,10,13H,5,8-9H2,1-2H3,(H,19,20,22)/t10-,13-/m0/s1. The van der Waals surface area contributed by atoms with Gasteiger partial charge in [0.2, 0.25) is 11.8 Å². The van der Waals surface area contributed by atoms with Crippen molar-refractivity contribution >= 4 is 22.4 Å². The highest BCUT2D eigenvalue weighted by molar-refractivity contribution is 7.15. The van der Waals surface area contributed by atoms with Crippen LogP contribution in [0.25, 0.3) is 0 Å². The summed E-state index contributed by atoms with van der Waals surface area (Å²) in [6.07, 6.45) is 3.86. The van der Waals surface area contributed by atoms with E-state index in [2.05, 4.69) is 27.1 Å². The van der Waals surface area contributed by atoms with Crippen LogP contribution in [0.1, 0.15) is 25.1 Å². The van der Waals surface area contributed by atoms with E-state index in [0.717, 1.165) is 30.6 Å². The molecule has 0 aliphatic carbocycles. The van der Waals surface area contributed by atoms with E-state index < -0.39 is 0 Å². The summed E-state index contributed by atoms with van der Waals surface area (Å²) in [6, 6.07) is 3.26. The van der Waals surface area contributed by atoms with Gasteiger partial charge < -0.3 is 10.1 Å². The van der Waals surface area contributed by atoms with Gasteiger partial charge >= 0.3 is 0 Å². The van der Waals surface area contributed by atoms with Gasteiger partial charge in [0.05, 0.1) is 6.20 Å². The molecule has 1 saturated heterocycles. The quantitative estimate of drug-likeness (QED) is 0.898. The minimum Gasteiger partial charge on any atom is -0.473 e. The van der Waals surface area contributed by atoms with Gasteiger partial charge in [0.25, 0.3) is 0 Å². The van der Waals surface area contributed by atoms with Crippen LogP contribution in [-0.2, 0) is 11.3 Å². The molecular formula is C16H19FN4O2S. The van der Waals surface area contributed by atoms with Gasteiger partial charge in [-0.3, -0.25) is 9.69 Å². The molecule has 2 aromatic heterocycles. The second-order valence-corrected chi connectivity index (χ2v) is 7.00. The van der Waals surface area contributed by atoms with E-state index >= 15 is 0 Å². The highest BCUT2D eigenvalue weighted by atomic mass is 32.1. The first-order chi connectivity index (χ1) is 11.5. The lowest BCUT2D eigenvalue weighted by Gasteiger charge is -2.19. The Morgan fingerprint density at radius 2 is 2.29 bits per heavy atom. The first kappa shape index (κ1) is 16.8. The first-order valence-electron chi connectivity index (χ1n) is 7.74. The molecule has 2 atom stereocenters. The largest absolute Gasteiger partial charge is 0.473 e. The molecule has 0 saturated carbocycles. The number of halogens is 1. The average Bonchev–Trinajstić information content (AvgIpc) is 3.08. The lowest BCUT2D eigenvalue weighted by Crippen LogP contribution is -2.27. The number of aromatic nitrogens is 2. The Morgan fingerprint density at radius 3 is 3.00 bits per heavy atom. The van der Waals surface area contributed by atoms with Crippen LogP contribution in [-0.4, -0.2) is 39.5 Å². The maximum Gasteiger partial charge on any atom is 0.223 e. The maximum absolute atomic E-state index is 12.9. The number of likely N-dealkylation sites (tertiary alicyclic amines) is 1. The first-order valence-corrected chi connectivity index (χ1v) is 8.56. The van der Waals surface area contributed by atoms with Crippen molar-refractivity contribution < 1.29 is 13.9 Å². The smallest absolute Gasteiger partial charge is 0.223 e. The Kier molecular flexibility index (Phi) is 5.06. The summed E-state index contributed by atoms with van der Waals surface area (Å²) in [7, 11) is 0. The normalized spacial score (nSPS) is 21.0. The highest BCUT2D eigenvalue weighted by Crippen LogP contribution is 2.26. The molecule has 0 bridgehead atoms. The van der Waals surface area contributed by atoms with Gasteiger partial charge in [0, 0.05) is 49.6 Å². The maximum atomic E-state index is 12.9. The molecule has 128 valence electrons. The molecule has 3 rings (SSSR count). The Balaban J connectivity index is 1.56. The fraction of sp³-hybridized carbons (Fsp3) is 0.438. The number of ether oxygens (including phenoxy) is 1. The number of nitrogens with one attached hydrogen (secondary N) is 1. The van der Waals surface area contributed by atoms with Crippen molar-refractivity contribution in [2.45, 2.75) is 39.0 Å². The minimum atomic E-state index is -0.371. The summed E-state index contributed by atoms with van der Waals surface area (Å²) < 4.78 is 18.7. The summed E-state index contributed by atoms with van der Waals surface area (Å²) in [5.74, 6) is -0.0455. The van der Waals surface area contributed by atoms with Crippen LogP contribution in [0.4, 0.5) is 9.52 Å². The molecule has 1 aliphatic heterocycles. The predicted molar refractivity (Wildman–Crippen MR) is 89.5 cm³/mol. The van der Waals surface area contributed by atoms with Crippen LogP contribution in [0, 0.1) is 5.82 Å². The number of hydrogen-bond acceptors (Lipinski definition) is 6. The van der Waals surface area contributed by atoms with E-state index in [1.54, 1.807) is 12.3 Å². The molecular weight excluding hydrogens is 331 g/mol. The second-order valence-electron chi connectivity index (χ2n) is 5.88. The molecule has 0 radical (unpaired) electrons. The molecule has 2 aromatic rings. The summed E-state index contributed by atoms with van der Waals surface area (Å²) in [5, 5.41) is 3.31. The predicted octanol–water partition coefficient (Wildman–Crippen LogP) is 2.68. The third-order valence-electron chi connectivity index (χ3n) is 3.85. The molecule has 24 heavy (non-hydrogen) atoms. The summed E-state index contributed by atoms with van der Waals surface area (Å²) in [6.45, 7) is 5.15. The number of nitrogens with zero attached hydrogens (tertiary/aromatic N) is 3. The van der Waals surface area contributed by atoms with Gasteiger partial charge in [0.15, 0.2) is 5.13 Å². The van der Waals surface area contributed by atoms with Crippen molar-refractivity contribution in [3.05, 3.63) is 35.2 Å². The van der Waals surface area contributed by atoms with Crippen LogP contribution in [0.2, 0.25) is 0 Å². The summed E-state index contributed by atoms with van der Waals surface area (Å²) in [4.78, 5) is 22.6. The zero-order valence-electron chi connectivity index (χ0n) is 13.5. The Labute approximate surface area is 143 Å². The number of carbonyl (C=O) groups excluding carboxylic acids is 1. The number of carbonyl (C=O) groups is 1. The Bertz CT molecular complexity index is 706. The lowest BCUT2D eigenvalue weighted by molar-refractivity contribution is -0.114. The van der Waals surface area contributed by atoms with Crippen molar-refractivity contribution in [1.29, 1.82) is 0 Å². The van der Waals surface area contributed by atoms with Crippen LogP contribution >= 0.6 is 11.3 Å². The van der Waals surface area contributed by atoms with E-state index in [-0.39, 0.29) is 17.8 Å². The molecule has 0 aromatic carbocycles. The molecule has 1 aliphatic rings. The van der Waals surface area contributed by atoms with Crippen molar-refractivity contribution in [3.63, 3.8) is 0 Å². The van der Waals surface area contributed by atoms with Crippen molar-refractivity contribution in [2.24, 2.45) is 0 Å². The number of anilines is 1. The SMILES string of the molecule is CC(=O)Nc1ncc(CN2C[C@@H](Oc3ccc(F)cn3)C[C@@H]2C)s1. The molecule has 3 heterocycles. The van der Waals surface area contributed by atoms with E-state index in [1.165, 1.54) is 24.3 Å². The second kappa shape index (κ2) is 7.23. The van der Waals surface area contributed by atoms with Crippen LogP contribution in [0.3, 0.4) is 0 Å². The van der Waals surface area contributed by atoms with Gasteiger partial charge in [-0.15, -0.1) is 11.3 Å². The van der Waals surface area contributed by atoms with Gasteiger partial charge in [-0.25, -0.2) is 14.4 Å². The van der Waals surface area contributed by atoms with E-state index in [1.807, 2.05) is 0 Å². The molecule has 0 spiro atoms. The third-order valence-corrected chi connectivity index (χ3v) is 4.75. The van der Waals surface area contributed by atoms with E-state index in [9.17, 15) is 9.18 Å². The summed E-state index contributed by atoms with van der Waals surface area (Å²) in [5.41, 5.74) is 0. The summed E-state index contributed by atoms with van der Waals surface area (Å²) >= 11 is 1.48. The Hall–Kier alpha value is -2.06. The Morgan fingerprint density at radius 1 is 1.46 bits per heavy atom. The molecule has 1 amide bonds. The van der Waals surface area contributed by atoms with E-state index in [4.69, 9.17) is 4.74 Å². The van der Waals surface area contributed by atoms with Crippen molar-refractivity contribution in [2.75, 3.05) is 11.9 Å². The third kappa shape index (κ3) is 4.27. The van der Waals surface area contributed by atoms with Crippen LogP contribution < -0.4 is 10.1 Å². The molecule has 0 unspecified atom stereocenters. The molecule has 6 nitrogen and oxygen atoms in total. The number of thiazole rings is 1. The molecule has 1 N–H and O–H groups in total. The number of hydrogen-bond donors (Lipinski definition) is 1. The number of amides is 1. The number of rotatable bonds is 5. The zero-order valence-corrected chi connectivity index (χ0v) is 14.3. The van der Waals surface area contributed by atoms with Crippen LogP contribution in [0.5, 0.6) is 5.88 Å². The van der Waals surface area contributed by atoms with Crippen molar-refractivity contribution in [1.82, 2.24) is 14.9 Å². The topological polar surface area (TPSA) is 67.4 Å².